The summed E-state index contributed by atoms with van der Waals surface area (Å²) in [5.41, 5.74) is 2.80. The second-order valence-corrected chi connectivity index (χ2v) is 7.88. The molecule has 2 aromatic rings. The van der Waals surface area contributed by atoms with E-state index >= 15 is 0 Å². The number of carbonyl (C=O) groups excluding carboxylic acids is 2. The number of likely N-dealkylation sites (tertiary alicyclic amines) is 1. The molecule has 0 aromatic carbocycles. The van der Waals surface area contributed by atoms with Crippen LogP contribution in [0.2, 0.25) is 0 Å². The van der Waals surface area contributed by atoms with Crippen LogP contribution in [0.25, 0.3) is 0 Å². The zero-order chi connectivity index (χ0) is 20.8. The van der Waals surface area contributed by atoms with Gasteiger partial charge in [0.1, 0.15) is 0 Å². The number of carbonyl (C=O) groups is 2. The maximum absolute atomic E-state index is 12.6. The van der Waals surface area contributed by atoms with Gasteiger partial charge in [-0.2, -0.15) is 5.10 Å². The monoisotopic (exact) mass is 398 g/mol. The van der Waals surface area contributed by atoms with Gasteiger partial charge in [0, 0.05) is 45.5 Å². The van der Waals surface area contributed by atoms with Crippen LogP contribution in [0.3, 0.4) is 0 Å². The zero-order valence-electron chi connectivity index (χ0n) is 17.5. The highest BCUT2D eigenvalue weighted by molar-refractivity contribution is 5.91. The number of nitrogens with one attached hydrogen (secondary N) is 1. The minimum atomic E-state index is 0.0158. The number of anilines is 1. The van der Waals surface area contributed by atoms with Crippen molar-refractivity contribution in [3.05, 3.63) is 42.0 Å². The van der Waals surface area contributed by atoms with E-state index in [1.165, 1.54) is 0 Å². The van der Waals surface area contributed by atoms with Gasteiger partial charge in [-0.15, -0.1) is 0 Å². The van der Waals surface area contributed by atoms with E-state index in [1.807, 2.05) is 49.1 Å². The van der Waals surface area contributed by atoms with E-state index in [4.69, 9.17) is 0 Å². The number of amides is 2. The van der Waals surface area contributed by atoms with Crippen molar-refractivity contribution in [1.82, 2.24) is 24.6 Å². The van der Waals surface area contributed by atoms with Gasteiger partial charge in [0.15, 0.2) is 0 Å². The van der Waals surface area contributed by atoms with E-state index in [2.05, 4.69) is 15.4 Å². The average molecular weight is 399 g/mol. The standard InChI is InChI=1S/C21H30N6O2/c1-16-19(13-23-26(16)3)24-20(28)11-17-6-9-27(10-7-17)21(29)15-25(2)14-18-5-4-8-22-12-18/h4-5,8,12-13,17H,6-7,9-11,14-15H2,1-3H3,(H,24,28). The molecule has 1 N–H and O–H groups in total. The molecule has 0 saturated carbocycles. The van der Waals surface area contributed by atoms with E-state index in [1.54, 1.807) is 17.1 Å². The van der Waals surface area contributed by atoms with Gasteiger partial charge in [-0.1, -0.05) is 6.07 Å². The van der Waals surface area contributed by atoms with Crippen molar-refractivity contribution >= 4 is 17.5 Å². The number of rotatable bonds is 7. The minimum Gasteiger partial charge on any atom is -0.342 e. The summed E-state index contributed by atoms with van der Waals surface area (Å²) in [7, 11) is 3.80. The largest absolute Gasteiger partial charge is 0.342 e. The molecule has 1 aliphatic rings. The van der Waals surface area contributed by atoms with Crippen molar-refractivity contribution in [3.63, 3.8) is 0 Å². The van der Waals surface area contributed by atoms with E-state index < -0.39 is 0 Å². The number of likely N-dealkylation sites (N-methyl/N-ethyl adjacent to an activating group) is 1. The van der Waals surface area contributed by atoms with Gasteiger partial charge in [-0.25, -0.2) is 0 Å². The van der Waals surface area contributed by atoms with Crippen LogP contribution in [0.15, 0.2) is 30.7 Å². The first kappa shape index (κ1) is 21.0. The van der Waals surface area contributed by atoms with Crippen molar-refractivity contribution in [3.8, 4) is 0 Å². The van der Waals surface area contributed by atoms with Crippen LogP contribution in [0.5, 0.6) is 0 Å². The Bertz CT molecular complexity index is 827. The summed E-state index contributed by atoms with van der Waals surface area (Å²) in [6, 6.07) is 3.92. The third-order valence-electron chi connectivity index (χ3n) is 5.53. The quantitative estimate of drug-likeness (QED) is 0.769. The molecule has 0 aliphatic carbocycles. The number of hydrogen-bond donors (Lipinski definition) is 1. The molecule has 2 aromatic heterocycles. The topological polar surface area (TPSA) is 83.4 Å². The molecule has 156 valence electrons. The summed E-state index contributed by atoms with van der Waals surface area (Å²) in [5, 5.41) is 7.09. The number of pyridine rings is 1. The Morgan fingerprint density at radius 1 is 1.28 bits per heavy atom. The molecule has 29 heavy (non-hydrogen) atoms. The summed E-state index contributed by atoms with van der Waals surface area (Å²) in [6.45, 7) is 4.44. The van der Waals surface area contributed by atoms with Gasteiger partial charge in [-0.05, 0) is 44.4 Å². The molecule has 0 radical (unpaired) electrons. The molecule has 1 fully saturated rings. The van der Waals surface area contributed by atoms with Gasteiger partial charge in [0.05, 0.1) is 24.1 Å². The van der Waals surface area contributed by atoms with Crippen molar-refractivity contribution in [1.29, 1.82) is 0 Å². The van der Waals surface area contributed by atoms with Gasteiger partial charge in [-0.3, -0.25) is 24.2 Å². The smallest absolute Gasteiger partial charge is 0.236 e. The molecule has 8 heteroatoms. The van der Waals surface area contributed by atoms with Crippen LogP contribution in [-0.4, -0.2) is 63.1 Å². The minimum absolute atomic E-state index is 0.0158. The number of hydrogen-bond acceptors (Lipinski definition) is 5. The van der Waals surface area contributed by atoms with Crippen molar-refractivity contribution < 1.29 is 9.59 Å². The fourth-order valence-corrected chi connectivity index (χ4v) is 3.66. The lowest BCUT2D eigenvalue weighted by Gasteiger charge is -2.33. The lowest BCUT2D eigenvalue weighted by Crippen LogP contribution is -2.43. The van der Waals surface area contributed by atoms with Crippen LogP contribution in [-0.2, 0) is 23.2 Å². The van der Waals surface area contributed by atoms with E-state index in [9.17, 15) is 9.59 Å². The number of aromatic nitrogens is 3. The average Bonchev–Trinajstić information content (AvgIpc) is 3.01. The summed E-state index contributed by atoms with van der Waals surface area (Å²) >= 11 is 0. The predicted molar refractivity (Wildman–Crippen MR) is 111 cm³/mol. The van der Waals surface area contributed by atoms with Gasteiger partial charge in [0.25, 0.3) is 0 Å². The van der Waals surface area contributed by atoms with Crippen molar-refractivity contribution in [2.24, 2.45) is 13.0 Å². The Hall–Kier alpha value is -2.74. The highest BCUT2D eigenvalue weighted by atomic mass is 16.2. The lowest BCUT2D eigenvalue weighted by atomic mass is 9.93. The first-order valence-corrected chi connectivity index (χ1v) is 10.1. The van der Waals surface area contributed by atoms with Gasteiger partial charge >= 0.3 is 0 Å². The summed E-state index contributed by atoms with van der Waals surface area (Å²) < 4.78 is 1.74. The van der Waals surface area contributed by atoms with Crippen LogP contribution >= 0.6 is 0 Å². The third kappa shape index (κ3) is 5.87. The van der Waals surface area contributed by atoms with Gasteiger partial charge in [0.2, 0.25) is 11.8 Å². The van der Waals surface area contributed by atoms with Crippen LogP contribution in [0, 0.1) is 12.8 Å². The Morgan fingerprint density at radius 3 is 2.66 bits per heavy atom. The Morgan fingerprint density at radius 2 is 2.03 bits per heavy atom. The number of aryl methyl sites for hydroxylation is 1. The third-order valence-corrected chi connectivity index (χ3v) is 5.53. The summed E-state index contributed by atoms with van der Waals surface area (Å²) in [6.07, 6.45) is 7.45. The molecule has 2 amide bonds. The first-order chi connectivity index (χ1) is 13.9. The van der Waals surface area contributed by atoms with Crippen molar-refractivity contribution in [2.45, 2.75) is 32.7 Å². The van der Waals surface area contributed by atoms with Crippen LogP contribution in [0.1, 0.15) is 30.5 Å². The summed E-state index contributed by atoms with van der Waals surface area (Å²) in [4.78, 5) is 33.0. The maximum Gasteiger partial charge on any atom is 0.236 e. The first-order valence-electron chi connectivity index (χ1n) is 10.1. The zero-order valence-corrected chi connectivity index (χ0v) is 17.5. The van der Waals surface area contributed by atoms with E-state index in [-0.39, 0.29) is 11.8 Å². The molecule has 8 nitrogen and oxygen atoms in total. The highest BCUT2D eigenvalue weighted by Gasteiger charge is 2.25. The van der Waals surface area contributed by atoms with Crippen LogP contribution < -0.4 is 5.32 Å². The summed E-state index contributed by atoms with van der Waals surface area (Å²) in [5.74, 6) is 0.469. The normalized spacial score (nSPS) is 15.0. The molecule has 1 saturated heterocycles. The Labute approximate surface area is 171 Å². The van der Waals surface area contributed by atoms with Gasteiger partial charge < -0.3 is 10.2 Å². The molecular weight excluding hydrogens is 368 g/mol. The highest BCUT2D eigenvalue weighted by Crippen LogP contribution is 2.22. The SMILES string of the molecule is Cc1c(NC(=O)CC2CCN(C(=O)CN(C)Cc3cccnc3)CC2)cnn1C. The Balaban J connectivity index is 1.39. The lowest BCUT2D eigenvalue weighted by molar-refractivity contribution is -0.133. The predicted octanol–water partition coefficient (Wildman–Crippen LogP) is 1.82. The molecule has 0 unspecified atom stereocenters. The second kappa shape index (κ2) is 9.65. The maximum atomic E-state index is 12.6. The molecule has 0 atom stereocenters. The number of piperidine rings is 1. The molecule has 1 aliphatic heterocycles. The molecule has 3 heterocycles. The molecule has 3 rings (SSSR count). The molecular formula is C21H30N6O2. The number of nitrogens with zero attached hydrogens (tertiary/aromatic N) is 5. The molecule has 0 bridgehead atoms. The van der Waals surface area contributed by atoms with E-state index in [0.717, 1.165) is 29.8 Å². The fourth-order valence-electron chi connectivity index (χ4n) is 3.66. The van der Waals surface area contributed by atoms with Crippen LogP contribution in [0.4, 0.5) is 5.69 Å². The Kier molecular flexibility index (Phi) is 6.98. The van der Waals surface area contributed by atoms with Crippen molar-refractivity contribution in [2.75, 3.05) is 32.0 Å². The van der Waals surface area contributed by atoms with E-state index in [0.29, 0.717) is 38.5 Å². The second-order valence-electron chi connectivity index (χ2n) is 7.88. The fraction of sp³-hybridized carbons (Fsp3) is 0.524. The molecule has 0 spiro atoms.